The van der Waals surface area contributed by atoms with Crippen LogP contribution in [0.4, 0.5) is 0 Å². The number of carbonyl (C=O) groups is 1. The first kappa shape index (κ1) is 22.9. The van der Waals surface area contributed by atoms with Crippen molar-refractivity contribution in [2.45, 2.75) is 58.3 Å². The molecule has 0 saturated heterocycles. The van der Waals surface area contributed by atoms with Crippen molar-refractivity contribution < 1.29 is 31.0 Å². The Hall–Kier alpha value is -0.350. The molecule has 0 unspecified atom stereocenters. The number of quaternary nitrogens is 1. The molecule has 0 radical (unpaired) electrons. The normalized spacial score (nSPS) is 10.8. The molecule has 0 aliphatic rings. The Kier molecular flexibility index (Phi) is 15.9. The molecule has 0 aliphatic heterocycles. The highest BCUT2D eigenvalue weighted by Crippen LogP contribution is 2.09. The standard InChI is InChI=1S/C17H34NO2.BrH/c1-5-7-8-9-10-11-12-13-14-17(19)20-16-15-18(3,4)6-2;/h5H,1,6-16H2,2-4H3;1H/q+1;/p-1. The van der Waals surface area contributed by atoms with Crippen molar-refractivity contribution in [3.05, 3.63) is 12.7 Å². The van der Waals surface area contributed by atoms with E-state index in [4.69, 9.17) is 4.74 Å². The first-order valence-electron chi connectivity index (χ1n) is 8.10. The van der Waals surface area contributed by atoms with Gasteiger partial charge in [0.1, 0.15) is 13.2 Å². The Bertz CT molecular complexity index is 268. The Labute approximate surface area is 142 Å². The van der Waals surface area contributed by atoms with E-state index in [-0.39, 0.29) is 23.0 Å². The number of carbonyl (C=O) groups excluding carboxylic acids is 1. The van der Waals surface area contributed by atoms with Crippen LogP contribution in [0.3, 0.4) is 0 Å². The monoisotopic (exact) mass is 363 g/mol. The maximum atomic E-state index is 11.6. The predicted octanol–water partition coefficient (Wildman–Crippen LogP) is 0.937. The molecule has 0 rings (SSSR count). The minimum absolute atomic E-state index is 0. The van der Waals surface area contributed by atoms with Crippen molar-refractivity contribution in [3.63, 3.8) is 0 Å². The molecule has 0 aromatic rings. The summed E-state index contributed by atoms with van der Waals surface area (Å²) in [6, 6.07) is 0. The number of nitrogens with zero attached hydrogens (tertiary/aromatic N) is 1. The lowest BCUT2D eigenvalue weighted by atomic mass is 10.1. The van der Waals surface area contributed by atoms with Gasteiger partial charge in [-0.25, -0.2) is 0 Å². The van der Waals surface area contributed by atoms with E-state index in [1.807, 2.05) is 6.08 Å². The molecule has 21 heavy (non-hydrogen) atoms. The van der Waals surface area contributed by atoms with Crippen LogP contribution < -0.4 is 17.0 Å². The van der Waals surface area contributed by atoms with E-state index in [0.717, 1.165) is 36.8 Å². The third kappa shape index (κ3) is 15.9. The largest absolute Gasteiger partial charge is 1.00 e. The molecule has 0 aliphatic carbocycles. The van der Waals surface area contributed by atoms with E-state index < -0.39 is 0 Å². The van der Waals surface area contributed by atoms with Crippen LogP contribution in [0.1, 0.15) is 58.3 Å². The van der Waals surface area contributed by atoms with Crippen molar-refractivity contribution >= 4 is 5.97 Å². The molecule has 0 aromatic carbocycles. The first-order valence-corrected chi connectivity index (χ1v) is 8.10. The van der Waals surface area contributed by atoms with E-state index in [1.165, 1.54) is 25.7 Å². The second-order valence-electron chi connectivity index (χ2n) is 6.14. The van der Waals surface area contributed by atoms with Crippen LogP contribution in [0.2, 0.25) is 0 Å². The Morgan fingerprint density at radius 3 is 2.24 bits per heavy atom. The smallest absolute Gasteiger partial charge is 0.305 e. The maximum absolute atomic E-state index is 11.6. The number of allylic oxidation sites excluding steroid dienone is 1. The molecule has 0 atom stereocenters. The molecule has 0 N–H and O–H groups in total. The van der Waals surface area contributed by atoms with Crippen LogP contribution in [-0.4, -0.2) is 44.2 Å². The fourth-order valence-electron chi connectivity index (χ4n) is 1.90. The van der Waals surface area contributed by atoms with E-state index in [0.29, 0.717) is 13.0 Å². The number of rotatable bonds is 13. The van der Waals surface area contributed by atoms with Crippen LogP contribution in [0.25, 0.3) is 0 Å². The Morgan fingerprint density at radius 2 is 1.67 bits per heavy atom. The molecule has 0 aromatic heterocycles. The van der Waals surface area contributed by atoms with Crippen LogP contribution in [0.15, 0.2) is 12.7 Å². The molecule has 4 heteroatoms. The zero-order chi connectivity index (χ0) is 15.3. The number of ether oxygens (including phenoxy) is 1. The van der Waals surface area contributed by atoms with E-state index in [9.17, 15) is 4.79 Å². The Morgan fingerprint density at radius 1 is 1.10 bits per heavy atom. The van der Waals surface area contributed by atoms with Gasteiger partial charge in [-0.1, -0.05) is 31.8 Å². The highest BCUT2D eigenvalue weighted by atomic mass is 79.9. The highest BCUT2D eigenvalue weighted by Gasteiger charge is 2.12. The molecule has 0 spiro atoms. The number of esters is 1. The fourth-order valence-corrected chi connectivity index (χ4v) is 1.90. The Balaban J connectivity index is 0. The van der Waals surface area contributed by atoms with Gasteiger partial charge in [-0.15, -0.1) is 6.58 Å². The highest BCUT2D eigenvalue weighted by molar-refractivity contribution is 5.69. The second-order valence-corrected chi connectivity index (χ2v) is 6.14. The summed E-state index contributed by atoms with van der Waals surface area (Å²) in [6.07, 6.45) is 10.8. The van der Waals surface area contributed by atoms with Crippen LogP contribution in [0.5, 0.6) is 0 Å². The van der Waals surface area contributed by atoms with Gasteiger partial charge in [0.05, 0.1) is 20.6 Å². The van der Waals surface area contributed by atoms with Gasteiger partial charge in [0.2, 0.25) is 0 Å². The van der Waals surface area contributed by atoms with Crippen molar-refractivity contribution in [1.82, 2.24) is 0 Å². The van der Waals surface area contributed by atoms with Gasteiger partial charge in [0.25, 0.3) is 0 Å². The summed E-state index contributed by atoms with van der Waals surface area (Å²) in [5, 5.41) is 0. The van der Waals surface area contributed by atoms with Crippen molar-refractivity contribution in [2.75, 3.05) is 33.8 Å². The molecule has 3 nitrogen and oxygen atoms in total. The molecule has 0 bridgehead atoms. The van der Waals surface area contributed by atoms with Crippen LogP contribution in [-0.2, 0) is 9.53 Å². The summed E-state index contributed by atoms with van der Waals surface area (Å²) in [6.45, 7) is 8.37. The maximum Gasteiger partial charge on any atom is 0.305 e. The zero-order valence-corrected chi connectivity index (χ0v) is 15.8. The predicted molar refractivity (Wildman–Crippen MR) is 85.6 cm³/mol. The topological polar surface area (TPSA) is 26.3 Å². The number of hydrogen-bond donors (Lipinski definition) is 0. The minimum atomic E-state index is -0.0345. The summed E-state index contributed by atoms with van der Waals surface area (Å²) in [5.74, 6) is -0.0345. The van der Waals surface area contributed by atoms with Gasteiger partial charge in [-0.3, -0.25) is 4.79 Å². The summed E-state index contributed by atoms with van der Waals surface area (Å²) < 4.78 is 6.17. The molecule has 0 saturated carbocycles. The average Bonchev–Trinajstić information content (AvgIpc) is 2.41. The fraction of sp³-hybridized carbons (Fsp3) is 0.824. The average molecular weight is 364 g/mol. The minimum Gasteiger partial charge on any atom is -1.00 e. The molecule has 126 valence electrons. The SMILES string of the molecule is C=CCCCCCCCCC(=O)OCC[N+](C)(C)CC.[Br-]. The quantitative estimate of drug-likeness (QED) is 0.210. The van der Waals surface area contributed by atoms with Crippen molar-refractivity contribution in [2.24, 2.45) is 0 Å². The summed E-state index contributed by atoms with van der Waals surface area (Å²) >= 11 is 0. The van der Waals surface area contributed by atoms with Gasteiger partial charge in [0, 0.05) is 6.42 Å². The van der Waals surface area contributed by atoms with Gasteiger partial charge in [-0.2, -0.15) is 0 Å². The third-order valence-electron chi connectivity index (χ3n) is 3.85. The van der Waals surface area contributed by atoms with Crippen molar-refractivity contribution in [1.29, 1.82) is 0 Å². The van der Waals surface area contributed by atoms with E-state index in [1.54, 1.807) is 0 Å². The molecular weight excluding hydrogens is 330 g/mol. The first-order chi connectivity index (χ1) is 9.52. The lowest BCUT2D eigenvalue weighted by Gasteiger charge is -2.27. The summed E-state index contributed by atoms with van der Waals surface area (Å²) in [5.41, 5.74) is 0. The number of hydrogen-bond acceptors (Lipinski definition) is 2. The number of likely N-dealkylation sites (N-methyl/N-ethyl adjacent to an activating group) is 1. The molecule has 0 fully saturated rings. The van der Waals surface area contributed by atoms with E-state index in [2.05, 4.69) is 27.6 Å². The van der Waals surface area contributed by atoms with E-state index >= 15 is 0 Å². The zero-order valence-electron chi connectivity index (χ0n) is 14.2. The van der Waals surface area contributed by atoms with Gasteiger partial charge >= 0.3 is 5.97 Å². The molecule has 0 heterocycles. The number of halogens is 1. The number of unbranched alkanes of at least 4 members (excludes halogenated alkanes) is 6. The van der Waals surface area contributed by atoms with Crippen molar-refractivity contribution in [3.8, 4) is 0 Å². The summed E-state index contributed by atoms with van der Waals surface area (Å²) in [4.78, 5) is 11.6. The molecular formula is C17H34BrNO2. The summed E-state index contributed by atoms with van der Waals surface area (Å²) in [7, 11) is 4.31. The van der Waals surface area contributed by atoms with Gasteiger partial charge < -0.3 is 26.2 Å². The van der Waals surface area contributed by atoms with Gasteiger partial charge in [-0.05, 0) is 26.2 Å². The third-order valence-corrected chi connectivity index (χ3v) is 3.85. The van der Waals surface area contributed by atoms with Crippen LogP contribution in [0, 0.1) is 0 Å². The lowest BCUT2D eigenvalue weighted by molar-refractivity contribution is -0.888. The lowest BCUT2D eigenvalue weighted by Crippen LogP contribution is -3.00. The van der Waals surface area contributed by atoms with Gasteiger partial charge in [0.15, 0.2) is 0 Å². The second kappa shape index (κ2) is 14.6. The molecule has 0 amide bonds. The van der Waals surface area contributed by atoms with Crippen LogP contribution >= 0.6 is 0 Å².